The van der Waals surface area contributed by atoms with E-state index in [0.717, 1.165) is 25.3 Å². The lowest BCUT2D eigenvalue weighted by Gasteiger charge is -2.32. The Bertz CT molecular complexity index is 410. The lowest BCUT2D eigenvalue weighted by molar-refractivity contribution is 0.0761. The van der Waals surface area contributed by atoms with Gasteiger partial charge in [0.05, 0.1) is 5.56 Å². The lowest BCUT2D eigenvalue weighted by atomic mass is 10.2. The number of anilines is 1. The molecule has 2 N–H and O–H groups in total. The molecule has 0 saturated carbocycles. The third kappa shape index (κ3) is 2.72. The summed E-state index contributed by atoms with van der Waals surface area (Å²) < 4.78 is 0. The van der Waals surface area contributed by atoms with Gasteiger partial charge in [0.25, 0.3) is 5.91 Å². The van der Waals surface area contributed by atoms with Crippen LogP contribution in [0.25, 0.3) is 0 Å². The third-order valence-corrected chi connectivity index (χ3v) is 4.32. The third-order valence-electron chi connectivity index (χ3n) is 2.95. The van der Waals surface area contributed by atoms with Crippen molar-refractivity contribution in [2.75, 3.05) is 24.6 Å². The number of hydrogen-bond acceptors (Lipinski definition) is 4. The molecule has 4 nitrogen and oxygen atoms in total. The van der Waals surface area contributed by atoms with Crippen LogP contribution in [0.15, 0.2) is 18.3 Å². The van der Waals surface area contributed by atoms with Crippen molar-refractivity contribution in [2.45, 2.75) is 18.6 Å². The Morgan fingerprint density at radius 2 is 2.53 bits per heavy atom. The predicted molar refractivity (Wildman–Crippen MR) is 71.1 cm³/mol. The van der Waals surface area contributed by atoms with Crippen LogP contribution in [0.3, 0.4) is 0 Å². The molecule has 1 aromatic heterocycles. The van der Waals surface area contributed by atoms with Gasteiger partial charge in [-0.3, -0.25) is 4.79 Å². The zero-order valence-electron chi connectivity index (χ0n) is 9.93. The second-order valence-electron chi connectivity index (χ2n) is 4.09. The number of carbonyl (C=O) groups is 1. The first-order valence-electron chi connectivity index (χ1n) is 5.83. The van der Waals surface area contributed by atoms with E-state index in [9.17, 15) is 4.79 Å². The summed E-state index contributed by atoms with van der Waals surface area (Å²) >= 11 is 1.94. The van der Waals surface area contributed by atoms with E-state index in [-0.39, 0.29) is 5.91 Å². The van der Waals surface area contributed by atoms with Crippen molar-refractivity contribution >= 4 is 23.5 Å². The Labute approximate surface area is 106 Å². The van der Waals surface area contributed by atoms with Gasteiger partial charge in [0.15, 0.2) is 0 Å². The van der Waals surface area contributed by atoms with E-state index < -0.39 is 0 Å². The van der Waals surface area contributed by atoms with Gasteiger partial charge in [-0.1, -0.05) is 6.92 Å². The Morgan fingerprint density at radius 3 is 3.24 bits per heavy atom. The van der Waals surface area contributed by atoms with Gasteiger partial charge in [0, 0.05) is 30.3 Å². The largest absolute Gasteiger partial charge is 0.383 e. The molecule has 0 aliphatic carbocycles. The fourth-order valence-electron chi connectivity index (χ4n) is 1.92. The molecule has 0 spiro atoms. The van der Waals surface area contributed by atoms with Gasteiger partial charge in [-0.15, -0.1) is 0 Å². The van der Waals surface area contributed by atoms with E-state index in [4.69, 9.17) is 5.73 Å². The maximum absolute atomic E-state index is 12.3. The molecule has 1 atom stereocenters. The van der Waals surface area contributed by atoms with Crippen molar-refractivity contribution in [1.82, 2.24) is 9.88 Å². The molecule has 5 heteroatoms. The van der Waals surface area contributed by atoms with Gasteiger partial charge in [-0.05, 0) is 18.6 Å². The Kier molecular flexibility index (Phi) is 3.89. The fourth-order valence-corrected chi connectivity index (χ4v) is 3.10. The number of rotatable bonds is 2. The van der Waals surface area contributed by atoms with Crippen LogP contribution in [0.1, 0.15) is 23.7 Å². The number of aromatic nitrogens is 1. The molecule has 17 heavy (non-hydrogen) atoms. The Balaban J connectivity index is 2.12. The summed E-state index contributed by atoms with van der Waals surface area (Å²) in [6.45, 7) is 3.77. The molecule has 1 aliphatic rings. The topological polar surface area (TPSA) is 59.2 Å². The van der Waals surface area contributed by atoms with Crippen molar-refractivity contribution in [3.8, 4) is 0 Å². The maximum atomic E-state index is 12.3. The van der Waals surface area contributed by atoms with Crippen molar-refractivity contribution < 1.29 is 4.79 Å². The van der Waals surface area contributed by atoms with Crippen molar-refractivity contribution in [1.29, 1.82) is 0 Å². The van der Waals surface area contributed by atoms with E-state index in [1.165, 1.54) is 0 Å². The highest BCUT2D eigenvalue weighted by Gasteiger charge is 2.24. The number of pyridine rings is 1. The maximum Gasteiger partial charge on any atom is 0.257 e. The molecule has 1 fully saturated rings. The highest BCUT2D eigenvalue weighted by atomic mass is 32.2. The second-order valence-corrected chi connectivity index (χ2v) is 5.50. The molecular formula is C12H17N3OS. The zero-order valence-corrected chi connectivity index (χ0v) is 10.7. The summed E-state index contributed by atoms with van der Waals surface area (Å²) in [5, 5.41) is 0.547. The lowest BCUT2D eigenvalue weighted by Crippen LogP contribution is -2.42. The average molecular weight is 251 g/mol. The molecule has 1 aliphatic heterocycles. The van der Waals surface area contributed by atoms with Crippen LogP contribution in [0, 0.1) is 0 Å². The molecule has 1 aromatic rings. The van der Waals surface area contributed by atoms with E-state index >= 15 is 0 Å². The number of amides is 1. The smallest absolute Gasteiger partial charge is 0.257 e. The number of nitrogens with zero attached hydrogens (tertiary/aromatic N) is 2. The van der Waals surface area contributed by atoms with E-state index in [1.54, 1.807) is 18.3 Å². The molecule has 2 heterocycles. The van der Waals surface area contributed by atoms with Gasteiger partial charge in [0.2, 0.25) is 0 Å². The van der Waals surface area contributed by atoms with Crippen LogP contribution in [0.2, 0.25) is 0 Å². The molecular weight excluding hydrogens is 234 g/mol. The first-order chi connectivity index (χ1) is 8.22. The van der Waals surface area contributed by atoms with Gasteiger partial charge in [-0.25, -0.2) is 4.98 Å². The highest BCUT2D eigenvalue weighted by Crippen LogP contribution is 2.23. The number of nitrogens with two attached hydrogens (primary N) is 1. The van der Waals surface area contributed by atoms with Gasteiger partial charge < -0.3 is 10.6 Å². The monoisotopic (exact) mass is 251 g/mol. The van der Waals surface area contributed by atoms with Crippen molar-refractivity contribution in [3.63, 3.8) is 0 Å². The number of nitrogen functional groups attached to an aromatic ring is 1. The van der Waals surface area contributed by atoms with Gasteiger partial charge in [0.1, 0.15) is 5.82 Å². The molecule has 1 amide bonds. The minimum atomic E-state index is 0.00866. The van der Waals surface area contributed by atoms with Crippen LogP contribution in [-0.4, -0.2) is 39.9 Å². The Morgan fingerprint density at radius 1 is 1.71 bits per heavy atom. The number of thioether (sulfide) groups is 1. The predicted octanol–water partition coefficient (Wildman–Crippen LogP) is 1.63. The highest BCUT2D eigenvalue weighted by molar-refractivity contribution is 8.00. The fraction of sp³-hybridized carbons (Fsp3) is 0.500. The summed E-state index contributed by atoms with van der Waals surface area (Å²) in [5.41, 5.74) is 6.25. The van der Waals surface area contributed by atoms with Crippen molar-refractivity contribution in [2.24, 2.45) is 0 Å². The SMILES string of the molecule is CCC1CN(C(=O)c2cccnc2N)CCS1. The van der Waals surface area contributed by atoms with Crippen molar-refractivity contribution in [3.05, 3.63) is 23.9 Å². The van der Waals surface area contributed by atoms with Gasteiger partial charge in [-0.2, -0.15) is 11.8 Å². The quantitative estimate of drug-likeness (QED) is 0.868. The Hall–Kier alpha value is -1.23. The van der Waals surface area contributed by atoms with Crippen LogP contribution in [0.5, 0.6) is 0 Å². The first-order valence-corrected chi connectivity index (χ1v) is 6.88. The molecule has 0 radical (unpaired) electrons. The first kappa shape index (κ1) is 12.2. The molecule has 2 rings (SSSR count). The molecule has 1 unspecified atom stereocenters. The van der Waals surface area contributed by atoms with Crippen LogP contribution < -0.4 is 5.73 Å². The molecule has 0 aromatic carbocycles. The van der Waals surface area contributed by atoms with Crippen LogP contribution in [-0.2, 0) is 0 Å². The van der Waals surface area contributed by atoms with E-state index in [0.29, 0.717) is 16.6 Å². The normalized spacial score (nSPS) is 20.3. The number of carbonyl (C=O) groups excluding carboxylic acids is 1. The second kappa shape index (κ2) is 5.40. The van der Waals surface area contributed by atoms with Gasteiger partial charge >= 0.3 is 0 Å². The minimum absolute atomic E-state index is 0.00866. The minimum Gasteiger partial charge on any atom is -0.383 e. The van der Waals surface area contributed by atoms with Crippen LogP contribution >= 0.6 is 11.8 Å². The summed E-state index contributed by atoms with van der Waals surface area (Å²) in [7, 11) is 0. The van der Waals surface area contributed by atoms with E-state index in [2.05, 4.69) is 11.9 Å². The average Bonchev–Trinajstić information content (AvgIpc) is 2.38. The summed E-state index contributed by atoms with van der Waals surface area (Å²) in [6.07, 6.45) is 2.70. The molecule has 92 valence electrons. The molecule has 0 bridgehead atoms. The zero-order chi connectivity index (χ0) is 12.3. The summed E-state index contributed by atoms with van der Waals surface area (Å²) in [6, 6.07) is 3.49. The summed E-state index contributed by atoms with van der Waals surface area (Å²) in [4.78, 5) is 18.1. The van der Waals surface area contributed by atoms with E-state index in [1.807, 2.05) is 16.7 Å². The number of hydrogen-bond donors (Lipinski definition) is 1. The van der Waals surface area contributed by atoms with Crippen LogP contribution in [0.4, 0.5) is 5.82 Å². The standard InChI is InChI=1S/C12H17N3OS/c1-2-9-8-15(6-7-17-9)12(16)10-4-3-5-14-11(10)13/h3-5,9H,2,6-8H2,1H3,(H2,13,14). The summed E-state index contributed by atoms with van der Waals surface area (Å²) in [5.74, 6) is 1.34. The molecule has 1 saturated heterocycles.